The van der Waals surface area contributed by atoms with E-state index < -0.39 is 0 Å². The van der Waals surface area contributed by atoms with E-state index in [-0.39, 0.29) is 12.0 Å². The summed E-state index contributed by atoms with van der Waals surface area (Å²) in [5.41, 5.74) is 2.13. The first-order valence-corrected chi connectivity index (χ1v) is 6.15. The van der Waals surface area contributed by atoms with Crippen molar-refractivity contribution >= 4 is 5.69 Å². The number of aryl methyl sites for hydroxylation is 1. The molecule has 1 aliphatic rings. The van der Waals surface area contributed by atoms with E-state index in [0.717, 1.165) is 29.3 Å². The van der Waals surface area contributed by atoms with Crippen LogP contribution in [-0.2, 0) is 0 Å². The van der Waals surface area contributed by atoms with Crippen LogP contribution >= 0.6 is 0 Å². The topological polar surface area (TPSA) is 41.9 Å². The van der Waals surface area contributed by atoms with Crippen molar-refractivity contribution in [3.8, 4) is 11.5 Å². The van der Waals surface area contributed by atoms with Crippen LogP contribution in [0.2, 0.25) is 0 Å². The summed E-state index contributed by atoms with van der Waals surface area (Å²) in [5.74, 6) is 1.61. The van der Waals surface area contributed by atoms with Gasteiger partial charge in [0.25, 0.3) is 0 Å². The zero-order chi connectivity index (χ0) is 13.3. The van der Waals surface area contributed by atoms with Gasteiger partial charge in [-0.25, -0.2) is 0 Å². The van der Waals surface area contributed by atoms with Gasteiger partial charge in [0.2, 0.25) is 6.79 Å². The van der Waals surface area contributed by atoms with Crippen LogP contribution < -0.4 is 14.4 Å². The number of ether oxygens (including phenoxy) is 2. The molecule has 4 nitrogen and oxygen atoms in total. The summed E-state index contributed by atoms with van der Waals surface area (Å²) in [6, 6.07) is 4.01. The lowest BCUT2D eigenvalue weighted by Crippen LogP contribution is -2.34. The van der Waals surface area contributed by atoms with E-state index in [4.69, 9.17) is 9.47 Å². The van der Waals surface area contributed by atoms with Gasteiger partial charge in [-0.2, -0.15) is 0 Å². The summed E-state index contributed by atoms with van der Waals surface area (Å²) in [7, 11) is 2.03. The largest absolute Gasteiger partial charge is 0.454 e. The predicted molar refractivity (Wildman–Crippen MR) is 71.4 cm³/mol. The van der Waals surface area contributed by atoms with Crippen molar-refractivity contribution < 1.29 is 14.6 Å². The molecule has 1 aromatic carbocycles. The van der Waals surface area contributed by atoms with E-state index in [1.165, 1.54) is 0 Å². The number of rotatable bonds is 4. The van der Waals surface area contributed by atoms with Gasteiger partial charge in [-0.15, -0.1) is 0 Å². The maximum absolute atomic E-state index is 9.34. The van der Waals surface area contributed by atoms with Crippen LogP contribution in [0.3, 0.4) is 0 Å². The van der Waals surface area contributed by atoms with E-state index in [1.54, 1.807) is 0 Å². The molecule has 0 saturated heterocycles. The highest BCUT2D eigenvalue weighted by atomic mass is 16.7. The minimum Gasteiger partial charge on any atom is -0.454 e. The van der Waals surface area contributed by atoms with Crippen molar-refractivity contribution in [1.29, 1.82) is 0 Å². The molecular weight excluding hydrogens is 230 g/mol. The summed E-state index contributed by atoms with van der Waals surface area (Å²) >= 11 is 0. The number of fused-ring (bicyclic) bond motifs is 1. The van der Waals surface area contributed by atoms with Gasteiger partial charge in [0.1, 0.15) is 0 Å². The predicted octanol–water partition coefficient (Wildman–Crippen LogP) is 2.18. The zero-order valence-electron chi connectivity index (χ0n) is 11.5. The number of nitrogens with zero attached hydrogens (tertiary/aromatic N) is 1. The van der Waals surface area contributed by atoms with Gasteiger partial charge < -0.3 is 19.5 Å². The van der Waals surface area contributed by atoms with Gasteiger partial charge in [-0.1, -0.05) is 13.8 Å². The third kappa shape index (κ3) is 2.53. The second-order valence-electron chi connectivity index (χ2n) is 5.67. The molecule has 1 aromatic rings. The number of hydrogen-bond acceptors (Lipinski definition) is 4. The van der Waals surface area contributed by atoms with Crippen LogP contribution in [0.4, 0.5) is 5.69 Å². The van der Waals surface area contributed by atoms with Gasteiger partial charge in [0.15, 0.2) is 11.5 Å². The van der Waals surface area contributed by atoms with Crippen LogP contribution in [0.1, 0.15) is 19.4 Å². The van der Waals surface area contributed by atoms with Gasteiger partial charge in [-0.05, 0) is 18.6 Å². The quantitative estimate of drug-likeness (QED) is 0.890. The van der Waals surface area contributed by atoms with E-state index in [0.29, 0.717) is 6.79 Å². The first kappa shape index (κ1) is 13.0. The second kappa shape index (κ2) is 4.69. The van der Waals surface area contributed by atoms with E-state index >= 15 is 0 Å². The Hall–Kier alpha value is -1.42. The lowest BCUT2D eigenvalue weighted by Gasteiger charge is -2.31. The summed E-state index contributed by atoms with van der Waals surface area (Å²) < 4.78 is 10.8. The van der Waals surface area contributed by atoms with Crippen molar-refractivity contribution in [3.05, 3.63) is 17.7 Å². The Morgan fingerprint density at radius 3 is 2.50 bits per heavy atom. The number of aliphatic hydroxyl groups is 1. The van der Waals surface area contributed by atoms with Crippen molar-refractivity contribution in [1.82, 2.24) is 0 Å². The lowest BCUT2D eigenvalue weighted by atomic mass is 9.94. The average molecular weight is 251 g/mol. The number of aliphatic hydroxyl groups excluding tert-OH is 1. The highest BCUT2D eigenvalue weighted by molar-refractivity contribution is 5.62. The molecule has 2 rings (SSSR count). The highest BCUT2D eigenvalue weighted by Crippen LogP contribution is 2.38. The Morgan fingerprint density at radius 2 is 1.89 bits per heavy atom. The van der Waals surface area contributed by atoms with Gasteiger partial charge in [0.05, 0.1) is 0 Å². The molecule has 0 radical (unpaired) electrons. The van der Waals surface area contributed by atoms with Crippen LogP contribution in [-0.4, -0.2) is 32.1 Å². The summed E-state index contributed by atoms with van der Waals surface area (Å²) in [6.45, 7) is 7.40. The molecule has 0 atom stereocenters. The minimum absolute atomic E-state index is 0.127. The summed E-state index contributed by atoms with van der Waals surface area (Å²) in [4.78, 5) is 2.15. The molecule has 0 fully saturated rings. The smallest absolute Gasteiger partial charge is 0.231 e. The van der Waals surface area contributed by atoms with E-state index in [2.05, 4.69) is 11.8 Å². The fraction of sp³-hybridized carbons (Fsp3) is 0.571. The van der Waals surface area contributed by atoms with E-state index in [1.807, 2.05) is 33.0 Å². The van der Waals surface area contributed by atoms with Crippen LogP contribution in [0.5, 0.6) is 11.5 Å². The number of benzene rings is 1. The van der Waals surface area contributed by atoms with Gasteiger partial charge in [-0.3, -0.25) is 0 Å². The van der Waals surface area contributed by atoms with Crippen LogP contribution in [0.25, 0.3) is 0 Å². The third-order valence-corrected chi connectivity index (χ3v) is 3.20. The molecule has 18 heavy (non-hydrogen) atoms. The molecule has 0 saturated carbocycles. The third-order valence-electron chi connectivity index (χ3n) is 3.20. The molecule has 1 N–H and O–H groups in total. The molecular formula is C14H21NO3. The Morgan fingerprint density at radius 1 is 1.28 bits per heavy atom. The molecule has 4 heteroatoms. The standard InChI is InChI=1S/C14H21NO3/c1-10-5-12-13(18-9-17-12)6-11(10)15(4)7-14(2,3)8-16/h5-6,16H,7-9H2,1-4H3. The Balaban J connectivity index is 2.23. The zero-order valence-corrected chi connectivity index (χ0v) is 11.5. The van der Waals surface area contributed by atoms with Crippen molar-refractivity contribution in [2.24, 2.45) is 5.41 Å². The molecule has 0 unspecified atom stereocenters. The molecule has 0 bridgehead atoms. The highest BCUT2D eigenvalue weighted by Gasteiger charge is 2.22. The monoisotopic (exact) mass is 251 g/mol. The van der Waals surface area contributed by atoms with Crippen molar-refractivity contribution in [3.63, 3.8) is 0 Å². The second-order valence-corrected chi connectivity index (χ2v) is 5.67. The molecule has 1 aliphatic heterocycles. The fourth-order valence-electron chi connectivity index (χ4n) is 2.22. The van der Waals surface area contributed by atoms with E-state index in [9.17, 15) is 5.11 Å². The summed E-state index contributed by atoms with van der Waals surface area (Å²) in [6.07, 6.45) is 0. The van der Waals surface area contributed by atoms with Crippen LogP contribution in [0, 0.1) is 12.3 Å². The molecule has 0 aromatic heterocycles. The SMILES string of the molecule is Cc1cc2c(cc1N(C)CC(C)(C)CO)OCO2. The first-order valence-electron chi connectivity index (χ1n) is 6.15. The fourth-order valence-corrected chi connectivity index (χ4v) is 2.22. The molecule has 0 spiro atoms. The maximum Gasteiger partial charge on any atom is 0.231 e. The molecule has 100 valence electrons. The Bertz CT molecular complexity index is 443. The van der Waals surface area contributed by atoms with Crippen molar-refractivity contribution in [2.45, 2.75) is 20.8 Å². The maximum atomic E-state index is 9.34. The van der Waals surface area contributed by atoms with Crippen LogP contribution in [0.15, 0.2) is 12.1 Å². The Labute approximate surface area is 108 Å². The average Bonchev–Trinajstić information content (AvgIpc) is 2.74. The first-order chi connectivity index (χ1) is 8.43. The lowest BCUT2D eigenvalue weighted by molar-refractivity contribution is 0.165. The molecule has 0 aliphatic carbocycles. The summed E-state index contributed by atoms with van der Waals surface area (Å²) in [5, 5.41) is 9.34. The Kier molecular flexibility index (Phi) is 3.39. The number of anilines is 1. The van der Waals surface area contributed by atoms with Gasteiger partial charge >= 0.3 is 0 Å². The van der Waals surface area contributed by atoms with Gasteiger partial charge in [0, 0.05) is 37.4 Å². The number of hydrogen-bond donors (Lipinski definition) is 1. The van der Waals surface area contributed by atoms with Crippen molar-refractivity contribution in [2.75, 3.05) is 31.9 Å². The molecule has 0 amide bonds. The minimum atomic E-state index is -0.127. The molecule has 1 heterocycles. The normalized spacial score (nSPS) is 13.8.